The molecule has 3 amide bonds. The van der Waals surface area contributed by atoms with Gasteiger partial charge in [0.25, 0.3) is 17.7 Å². The van der Waals surface area contributed by atoms with Gasteiger partial charge in [-0.2, -0.15) is 0 Å². The van der Waals surface area contributed by atoms with E-state index in [0.717, 1.165) is 10.5 Å². The van der Waals surface area contributed by atoms with Gasteiger partial charge < -0.3 is 14.8 Å². The van der Waals surface area contributed by atoms with Crippen molar-refractivity contribution in [1.82, 2.24) is 10.2 Å². The first-order valence-corrected chi connectivity index (χ1v) is 10.5. The van der Waals surface area contributed by atoms with Gasteiger partial charge in [-0.05, 0) is 47.5 Å². The minimum atomic E-state index is -0.435. The summed E-state index contributed by atoms with van der Waals surface area (Å²) in [7, 11) is 2.77. The number of fused-ring (bicyclic) bond motifs is 1. The second-order valence-electron chi connectivity index (χ2n) is 7.65. The van der Waals surface area contributed by atoms with Crippen molar-refractivity contribution in [1.29, 1.82) is 0 Å². The number of ether oxygens (including phenoxy) is 2. The third-order valence-corrected chi connectivity index (χ3v) is 5.56. The first kappa shape index (κ1) is 22.7. The van der Waals surface area contributed by atoms with Gasteiger partial charge in [0.15, 0.2) is 0 Å². The maximum atomic E-state index is 12.9. The number of hydrogen-bond donors (Lipinski definition) is 1. The van der Waals surface area contributed by atoms with Crippen molar-refractivity contribution in [3.05, 3.63) is 100 Å². The summed E-state index contributed by atoms with van der Waals surface area (Å²) in [4.78, 5) is 51.0. The fraction of sp³-hybridized carbons (Fsp3) is 0.154. The zero-order chi connectivity index (χ0) is 24.2. The van der Waals surface area contributed by atoms with Crippen LogP contribution in [0.25, 0.3) is 0 Å². The summed E-state index contributed by atoms with van der Waals surface area (Å²) in [5.41, 5.74) is 2.85. The molecule has 3 aromatic carbocycles. The molecule has 0 aromatic heterocycles. The Hall–Kier alpha value is -4.46. The van der Waals surface area contributed by atoms with E-state index in [1.165, 1.54) is 14.2 Å². The number of amides is 3. The van der Waals surface area contributed by atoms with E-state index >= 15 is 0 Å². The fourth-order valence-electron chi connectivity index (χ4n) is 3.75. The number of hydrogen-bond acceptors (Lipinski definition) is 6. The third-order valence-electron chi connectivity index (χ3n) is 5.56. The number of carbonyl (C=O) groups is 4. The molecule has 0 radical (unpaired) electrons. The van der Waals surface area contributed by atoms with Gasteiger partial charge in [-0.1, -0.05) is 30.3 Å². The molecule has 0 fully saturated rings. The Labute approximate surface area is 196 Å². The molecule has 0 saturated carbocycles. The lowest BCUT2D eigenvalue weighted by Gasteiger charge is -2.16. The lowest BCUT2D eigenvalue weighted by Crippen LogP contribution is -2.29. The largest absolute Gasteiger partial charge is 0.496 e. The Kier molecular flexibility index (Phi) is 6.40. The van der Waals surface area contributed by atoms with E-state index in [0.29, 0.717) is 28.0 Å². The number of carbonyl (C=O) groups excluding carboxylic acids is 4. The minimum absolute atomic E-state index is 0.0333. The smallest absolute Gasteiger partial charge is 0.337 e. The molecule has 0 atom stereocenters. The summed E-state index contributed by atoms with van der Waals surface area (Å²) < 4.78 is 10.0. The van der Waals surface area contributed by atoms with Crippen molar-refractivity contribution in [2.45, 2.75) is 13.1 Å². The van der Waals surface area contributed by atoms with Gasteiger partial charge in [0.2, 0.25) is 0 Å². The molecule has 0 unspecified atom stereocenters. The summed E-state index contributed by atoms with van der Waals surface area (Å²) in [6.45, 7) is 0.262. The molecule has 3 aromatic rings. The molecule has 0 aliphatic carbocycles. The number of methoxy groups -OCH3 is 2. The van der Waals surface area contributed by atoms with Gasteiger partial charge in [-0.15, -0.1) is 0 Å². The Bertz CT molecular complexity index is 1250. The van der Waals surface area contributed by atoms with E-state index in [1.54, 1.807) is 66.7 Å². The normalized spacial score (nSPS) is 12.4. The average molecular weight is 458 g/mol. The molecule has 34 heavy (non-hydrogen) atoms. The summed E-state index contributed by atoms with van der Waals surface area (Å²) in [5.74, 6) is -1.17. The quantitative estimate of drug-likeness (QED) is 0.431. The maximum Gasteiger partial charge on any atom is 0.337 e. The lowest BCUT2D eigenvalue weighted by molar-refractivity contribution is 0.0597. The zero-order valence-electron chi connectivity index (χ0n) is 18.7. The Balaban J connectivity index is 1.48. The average Bonchev–Trinajstić information content (AvgIpc) is 3.12. The van der Waals surface area contributed by atoms with Crippen molar-refractivity contribution >= 4 is 23.7 Å². The number of benzene rings is 3. The van der Waals surface area contributed by atoms with Gasteiger partial charge in [-0.25, -0.2) is 4.79 Å². The first-order chi connectivity index (χ1) is 16.4. The summed E-state index contributed by atoms with van der Waals surface area (Å²) in [6.07, 6.45) is 0. The van der Waals surface area contributed by atoms with Crippen LogP contribution in [-0.4, -0.2) is 42.8 Å². The highest BCUT2D eigenvalue weighted by molar-refractivity contribution is 6.21. The fourth-order valence-corrected chi connectivity index (χ4v) is 3.75. The van der Waals surface area contributed by atoms with E-state index < -0.39 is 5.97 Å². The Morgan fingerprint density at radius 2 is 1.47 bits per heavy atom. The predicted octanol–water partition coefficient (Wildman–Crippen LogP) is 3.21. The molecule has 4 rings (SSSR count). The van der Waals surface area contributed by atoms with Gasteiger partial charge in [0.05, 0.1) is 43.0 Å². The zero-order valence-corrected chi connectivity index (χ0v) is 18.7. The van der Waals surface area contributed by atoms with Gasteiger partial charge in [-0.3, -0.25) is 19.3 Å². The van der Waals surface area contributed by atoms with Crippen molar-refractivity contribution < 1.29 is 28.7 Å². The molecule has 172 valence electrons. The van der Waals surface area contributed by atoms with Crippen molar-refractivity contribution in [3.63, 3.8) is 0 Å². The monoisotopic (exact) mass is 458 g/mol. The minimum Gasteiger partial charge on any atom is -0.496 e. The first-order valence-electron chi connectivity index (χ1n) is 10.5. The summed E-state index contributed by atoms with van der Waals surface area (Å²) in [6, 6.07) is 18.3. The highest BCUT2D eigenvalue weighted by atomic mass is 16.5. The van der Waals surface area contributed by atoms with Crippen LogP contribution < -0.4 is 10.1 Å². The molecule has 1 heterocycles. The van der Waals surface area contributed by atoms with E-state index in [1.807, 2.05) is 0 Å². The third kappa shape index (κ3) is 4.38. The van der Waals surface area contributed by atoms with Crippen LogP contribution in [0.15, 0.2) is 66.7 Å². The lowest BCUT2D eigenvalue weighted by atomic mass is 10.1. The summed E-state index contributed by atoms with van der Waals surface area (Å²) >= 11 is 0. The molecule has 1 aliphatic rings. The van der Waals surface area contributed by atoms with Gasteiger partial charge in [0, 0.05) is 6.54 Å². The van der Waals surface area contributed by atoms with Crippen molar-refractivity contribution in [2.75, 3.05) is 14.2 Å². The van der Waals surface area contributed by atoms with Crippen LogP contribution in [0.2, 0.25) is 0 Å². The SMILES string of the molecule is COC(=O)c1ccc(CNC(=O)c2cc(CN3C(=O)c4ccccc4C3=O)ccc2OC)cc1. The number of nitrogens with zero attached hydrogens (tertiary/aromatic N) is 1. The maximum absolute atomic E-state index is 12.9. The molecule has 1 aliphatic heterocycles. The molecule has 8 nitrogen and oxygen atoms in total. The molecular formula is C26H22N2O6. The molecule has 0 spiro atoms. The second-order valence-corrected chi connectivity index (χ2v) is 7.65. The van der Waals surface area contributed by atoms with Crippen LogP contribution in [0.5, 0.6) is 5.75 Å². The van der Waals surface area contributed by atoms with Crippen LogP contribution in [0.4, 0.5) is 0 Å². The highest BCUT2D eigenvalue weighted by Gasteiger charge is 2.35. The molecule has 0 bridgehead atoms. The van der Waals surface area contributed by atoms with E-state index in [9.17, 15) is 19.2 Å². The number of imide groups is 1. The molecule has 8 heteroatoms. The van der Waals surface area contributed by atoms with Gasteiger partial charge in [0.1, 0.15) is 5.75 Å². The number of rotatable bonds is 7. The van der Waals surface area contributed by atoms with Crippen LogP contribution in [0, 0.1) is 0 Å². The Morgan fingerprint density at radius 3 is 2.06 bits per heavy atom. The van der Waals surface area contributed by atoms with Crippen molar-refractivity contribution in [2.24, 2.45) is 0 Å². The number of nitrogens with one attached hydrogen (secondary N) is 1. The summed E-state index contributed by atoms with van der Waals surface area (Å²) in [5, 5.41) is 2.82. The second kappa shape index (κ2) is 9.58. The molecule has 0 saturated heterocycles. The van der Waals surface area contributed by atoms with Crippen LogP contribution in [0.1, 0.15) is 52.6 Å². The van der Waals surface area contributed by atoms with Crippen LogP contribution in [0.3, 0.4) is 0 Å². The highest BCUT2D eigenvalue weighted by Crippen LogP contribution is 2.26. The number of esters is 1. The van der Waals surface area contributed by atoms with E-state index in [-0.39, 0.29) is 36.4 Å². The van der Waals surface area contributed by atoms with E-state index in [4.69, 9.17) is 4.74 Å². The molecule has 1 N–H and O–H groups in total. The standard InChI is InChI=1S/C26H22N2O6/c1-33-22-12-9-17(15-28-24(30)19-5-3-4-6-20(19)25(28)31)13-21(22)23(29)27-14-16-7-10-18(11-8-16)26(32)34-2/h3-13H,14-15H2,1-2H3,(H,27,29). The van der Waals surface area contributed by atoms with Gasteiger partial charge >= 0.3 is 5.97 Å². The predicted molar refractivity (Wildman–Crippen MR) is 123 cm³/mol. The molecular weight excluding hydrogens is 436 g/mol. The Morgan fingerprint density at radius 1 is 0.853 bits per heavy atom. The van der Waals surface area contributed by atoms with Crippen LogP contribution >= 0.6 is 0 Å². The van der Waals surface area contributed by atoms with E-state index in [2.05, 4.69) is 10.1 Å². The van der Waals surface area contributed by atoms with Crippen molar-refractivity contribution in [3.8, 4) is 5.75 Å². The van der Waals surface area contributed by atoms with Crippen LogP contribution in [-0.2, 0) is 17.8 Å². The topological polar surface area (TPSA) is 102 Å².